The van der Waals surface area contributed by atoms with Gasteiger partial charge in [-0.15, -0.1) is 0 Å². The molecule has 0 aromatic heterocycles. The highest BCUT2D eigenvalue weighted by Gasteiger charge is 2.21. The average Bonchev–Trinajstić information content (AvgIpc) is 2.06. The minimum Gasteiger partial charge on any atom is -0.396 e. The van der Waals surface area contributed by atoms with Crippen LogP contribution in [0, 0.1) is 11.8 Å². The van der Waals surface area contributed by atoms with E-state index in [-0.39, 0.29) is 0 Å². The van der Waals surface area contributed by atoms with Crippen molar-refractivity contribution in [1.82, 2.24) is 4.90 Å². The Labute approximate surface area is 75.6 Å². The predicted molar refractivity (Wildman–Crippen MR) is 51.1 cm³/mol. The van der Waals surface area contributed by atoms with Gasteiger partial charge in [-0.05, 0) is 51.2 Å². The third-order valence-electron chi connectivity index (χ3n) is 3.15. The average molecular weight is 171 g/mol. The molecule has 0 aliphatic carbocycles. The van der Waals surface area contributed by atoms with Crippen molar-refractivity contribution in [2.24, 2.45) is 11.8 Å². The van der Waals surface area contributed by atoms with Gasteiger partial charge < -0.3 is 10.0 Å². The highest BCUT2D eigenvalue weighted by molar-refractivity contribution is 4.73. The summed E-state index contributed by atoms with van der Waals surface area (Å²) in [7, 11) is 2.19. The maximum atomic E-state index is 8.81. The molecule has 1 unspecified atom stereocenters. The van der Waals surface area contributed by atoms with Crippen molar-refractivity contribution in [1.29, 1.82) is 0 Å². The zero-order chi connectivity index (χ0) is 8.97. The van der Waals surface area contributed by atoms with E-state index in [0.29, 0.717) is 12.5 Å². The minimum absolute atomic E-state index is 0.355. The highest BCUT2D eigenvalue weighted by atomic mass is 16.3. The lowest BCUT2D eigenvalue weighted by atomic mass is 9.84. The summed E-state index contributed by atoms with van der Waals surface area (Å²) in [5, 5.41) is 8.81. The molecule has 1 atom stereocenters. The third-order valence-corrected chi connectivity index (χ3v) is 3.15. The fraction of sp³-hybridized carbons (Fsp3) is 1.00. The van der Waals surface area contributed by atoms with Crippen molar-refractivity contribution in [3.05, 3.63) is 0 Å². The molecule has 0 spiro atoms. The molecule has 1 N–H and O–H groups in total. The van der Waals surface area contributed by atoms with Crippen molar-refractivity contribution >= 4 is 0 Å². The van der Waals surface area contributed by atoms with Crippen LogP contribution in [0.1, 0.15) is 26.2 Å². The van der Waals surface area contributed by atoms with Crippen LogP contribution in [0.2, 0.25) is 0 Å². The Hall–Kier alpha value is -0.0800. The fourth-order valence-corrected chi connectivity index (χ4v) is 2.04. The van der Waals surface area contributed by atoms with E-state index >= 15 is 0 Å². The molecule has 1 fully saturated rings. The quantitative estimate of drug-likeness (QED) is 0.693. The number of hydrogen-bond acceptors (Lipinski definition) is 2. The van der Waals surface area contributed by atoms with Gasteiger partial charge in [-0.1, -0.05) is 6.92 Å². The predicted octanol–water partition coefficient (Wildman–Crippen LogP) is 1.35. The summed E-state index contributed by atoms with van der Waals surface area (Å²) in [5.74, 6) is 1.57. The first-order valence-corrected chi connectivity index (χ1v) is 5.03. The van der Waals surface area contributed by atoms with Gasteiger partial charge in [0.05, 0.1) is 0 Å². The van der Waals surface area contributed by atoms with Gasteiger partial charge in [-0.25, -0.2) is 0 Å². The van der Waals surface area contributed by atoms with Gasteiger partial charge in [-0.3, -0.25) is 0 Å². The first kappa shape index (κ1) is 10.0. The zero-order valence-corrected chi connectivity index (χ0v) is 8.29. The number of aliphatic hydroxyl groups is 1. The largest absolute Gasteiger partial charge is 0.396 e. The number of aliphatic hydroxyl groups excluding tert-OH is 1. The van der Waals surface area contributed by atoms with Crippen LogP contribution in [0.15, 0.2) is 0 Å². The number of likely N-dealkylation sites (tertiary alicyclic amines) is 1. The van der Waals surface area contributed by atoms with Crippen molar-refractivity contribution in [3.63, 3.8) is 0 Å². The Morgan fingerprint density at radius 2 is 2.00 bits per heavy atom. The lowest BCUT2D eigenvalue weighted by Crippen LogP contribution is -2.32. The molecule has 2 nitrogen and oxygen atoms in total. The van der Waals surface area contributed by atoms with Crippen LogP contribution >= 0.6 is 0 Å². The van der Waals surface area contributed by atoms with Crippen LogP contribution in [0.5, 0.6) is 0 Å². The second-order valence-corrected chi connectivity index (χ2v) is 4.13. The molecule has 0 aromatic carbocycles. The van der Waals surface area contributed by atoms with Gasteiger partial charge in [0, 0.05) is 6.61 Å². The van der Waals surface area contributed by atoms with Crippen LogP contribution in [-0.4, -0.2) is 36.8 Å². The van der Waals surface area contributed by atoms with Crippen LogP contribution in [0.4, 0.5) is 0 Å². The van der Waals surface area contributed by atoms with Crippen molar-refractivity contribution in [3.8, 4) is 0 Å². The van der Waals surface area contributed by atoms with E-state index in [1.807, 2.05) is 0 Å². The third kappa shape index (κ3) is 2.76. The SMILES string of the molecule is CC(CCO)C1CCN(C)CC1. The maximum Gasteiger partial charge on any atom is 0.0433 e. The first-order valence-electron chi connectivity index (χ1n) is 5.03. The summed E-state index contributed by atoms with van der Waals surface area (Å²) < 4.78 is 0. The van der Waals surface area contributed by atoms with Crippen molar-refractivity contribution in [2.45, 2.75) is 26.2 Å². The van der Waals surface area contributed by atoms with Gasteiger partial charge in [0.15, 0.2) is 0 Å². The molecule has 1 heterocycles. The molecule has 1 aliphatic heterocycles. The van der Waals surface area contributed by atoms with Crippen LogP contribution in [0.25, 0.3) is 0 Å². The molecule has 12 heavy (non-hydrogen) atoms. The van der Waals surface area contributed by atoms with E-state index in [4.69, 9.17) is 5.11 Å². The Morgan fingerprint density at radius 1 is 1.42 bits per heavy atom. The Morgan fingerprint density at radius 3 is 2.50 bits per heavy atom. The molecule has 1 rings (SSSR count). The van der Waals surface area contributed by atoms with Crippen molar-refractivity contribution < 1.29 is 5.11 Å². The van der Waals surface area contributed by atoms with Crippen LogP contribution in [0.3, 0.4) is 0 Å². The van der Waals surface area contributed by atoms with E-state index in [9.17, 15) is 0 Å². The Bertz CT molecular complexity index is 119. The van der Waals surface area contributed by atoms with E-state index in [2.05, 4.69) is 18.9 Å². The Kier molecular flexibility index (Phi) is 4.02. The monoisotopic (exact) mass is 171 g/mol. The number of hydrogen-bond donors (Lipinski definition) is 1. The van der Waals surface area contributed by atoms with Gasteiger partial charge >= 0.3 is 0 Å². The molecule has 0 bridgehead atoms. The molecule has 0 saturated carbocycles. The summed E-state index contributed by atoms with van der Waals surface area (Å²) in [6.45, 7) is 5.10. The Balaban J connectivity index is 2.24. The molecule has 0 amide bonds. The van der Waals surface area contributed by atoms with Gasteiger partial charge in [0.1, 0.15) is 0 Å². The topological polar surface area (TPSA) is 23.5 Å². The van der Waals surface area contributed by atoms with E-state index in [1.54, 1.807) is 0 Å². The lowest BCUT2D eigenvalue weighted by molar-refractivity contribution is 0.154. The van der Waals surface area contributed by atoms with E-state index in [1.165, 1.54) is 25.9 Å². The first-order chi connectivity index (χ1) is 5.74. The zero-order valence-electron chi connectivity index (χ0n) is 8.29. The number of nitrogens with zero attached hydrogens (tertiary/aromatic N) is 1. The van der Waals surface area contributed by atoms with Crippen LogP contribution in [-0.2, 0) is 0 Å². The second-order valence-electron chi connectivity index (χ2n) is 4.13. The molecule has 1 aliphatic rings. The smallest absolute Gasteiger partial charge is 0.0433 e. The molecule has 2 heteroatoms. The second kappa shape index (κ2) is 4.83. The molecule has 0 aromatic rings. The van der Waals surface area contributed by atoms with E-state index in [0.717, 1.165) is 12.3 Å². The van der Waals surface area contributed by atoms with Crippen LogP contribution < -0.4 is 0 Å². The minimum atomic E-state index is 0.355. The van der Waals surface area contributed by atoms with Crippen molar-refractivity contribution in [2.75, 3.05) is 26.7 Å². The highest BCUT2D eigenvalue weighted by Crippen LogP contribution is 2.25. The summed E-state index contributed by atoms with van der Waals surface area (Å²) in [5.41, 5.74) is 0. The summed E-state index contributed by atoms with van der Waals surface area (Å²) >= 11 is 0. The molecular formula is C10H21NO. The molecule has 1 saturated heterocycles. The fourth-order valence-electron chi connectivity index (χ4n) is 2.04. The maximum absolute atomic E-state index is 8.81. The normalized spacial score (nSPS) is 24.2. The van der Waals surface area contributed by atoms with Gasteiger partial charge in [0.25, 0.3) is 0 Å². The lowest BCUT2D eigenvalue weighted by Gasteiger charge is -2.32. The molecule has 72 valence electrons. The van der Waals surface area contributed by atoms with E-state index < -0.39 is 0 Å². The standard InChI is InChI=1S/C10H21NO/c1-9(5-8-12)10-3-6-11(2)7-4-10/h9-10,12H,3-8H2,1-2H3. The molecule has 0 radical (unpaired) electrons. The number of piperidine rings is 1. The van der Waals surface area contributed by atoms with Gasteiger partial charge in [-0.2, -0.15) is 0 Å². The number of rotatable bonds is 3. The summed E-state index contributed by atoms with van der Waals surface area (Å²) in [4.78, 5) is 2.39. The molecular weight excluding hydrogens is 150 g/mol. The summed E-state index contributed by atoms with van der Waals surface area (Å²) in [6.07, 6.45) is 3.61. The van der Waals surface area contributed by atoms with Gasteiger partial charge in [0.2, 0.25) is 0 Å². The summed E-state index contributed by atoms with van der Waals surface area (Å²) in [6, 6.07) is 0.